The van der Waals surface area contributed by atoms with E-state index >= 15 is 0 Å². The van der Waals surface area contributed by atoms with E-state index in [1.54, 1.807) is 0 Å². The van der Waals surface area contributed by atoms with Crippen molar-refractivity contribution in [3.63, 3.8) is 0 Å². The molecule has 7 nitrogen and oxygen atoms in total. The molecule has 1 aliphatic heterocycles. The third-order valence-electron chi connectivity index (χ3n) is 3.91. The average molecular weight is 483 g/mol. The van der Waals surface area contributed by atoms with E-state index in [0.717, 1.165) is 19.0 Å². The molecular weight excluding hydrogens is 453 g/mol. The molecule has 0 aromatic carbocycles. The van der Waals surface area contributed by atoms with Crippen molar-refractivity contribution in [2.24, 2.45) is 4.99 Å². The number of rotatable bonds is 8. The number of guanidine groups is 1. The second-order valence-electron chi connectivity index (χ2n) is 6.09. The normalized spacial score (nSPS) is 21.7. The number of thioether (sulfide) groups is 1. The molecule has 0 radical (unpaired) electrons. The van der Waals surface area contributed by atoms with Gasteiger partial charge in [0.05, 0.1) is 0 Å². The highest BCUT2D eigenvalue weighted by atomic mass is 127. The molecule has 2 atom stereocenters. The molecule has 1 aromatic heterocycles. The van der Waals surface area contributed by atoms with Crippen LogP contribution in [0.1, 0.15) is 58.4 Å². The van der Waals surface area contributed by atoms with E-state index in [-0.39, 0.29) is 30.1 Å². The fourth-order valence-corrected chi connectivity index (χ4v) is 3.80. The lowest BCUT2D eigenvalue weighted by Crippen LogP contribution is -2.43. The second kappa shape index (κ2) is 11.2. The number of ether oxygens (including phenoxy) is 1. The smallest absolute Gasteiger partial charge is 0.248 e. The molecule has 2 rings (SSSR count). The van der Waals surface area contributed by atoms with Crippen molar-refractivity contribution in [3.8, 4) is 0 Å². The van der Waals surface area contributed by atoms with Gasteiger partial charge in [0.1, 0.15) is 12.6 Å². The van der Waals surface area contributed by atoms with Gasteiger partial charge in [-0.25, -0.2) is 4.99 Å². The first-order chi connectivity index (χ1) is 11.6. The zero-order valence-corrected chi connectivity index (χ0v) is 18.6. The molecule has 1 aromatic rings. The van der Waals surface area contributed by atoms with Crippen LogP contribution in [0.4, 0.5) is 0 Å². The number of nitrogens with zero attached hydrogens (tertiary/aromatic N) is 3. The van der Waals surface area contributed by atoms with Crippen LogP contribution in [0, 0.1) is 0 Å². The first-order valence-electron chi connectivity index (χ1n) is 8.66. The largest absolute Gasteiger partial charge is 0.371 e. The van der Waals surface area contributed by atoms with E-state index in [4.69, 9.17) is 9.26 Å². The van der Waals surface area contributed by atoms with Gasteiger partial charge in [-0.05, 0) is 46.3 Å². The van der Waals surface area contributed by atoms with E-state index in [0.29, 0.717) is 29.6 Å². The van der Waals surface area contributed by atoms with Crippen LogP contribution in [0.25, 0.3) is 0 Å². The maximum Gasteiger partial charge on any atom is 0.248 e. The summed E-state index contributed by atoms with van der Waals surface area (Å²) in [5.41, 5.74) is 0. The number of hydrogen-bond donors (Lipinski definition) is 2. The Morgan fingerprint density at radius 1 is 1.44 bits per heavy atom. The van der Waals surface area contributed by atoms with Crippen molar-refractivity contribution < 1.29 is 9.26 Å². The Hall–Kier alpha value is -0.550. The summed E-state index contributed by atoms with van der Waals surface area (Å²) in [7, 11) is 0. The topological polar surface area (TPSA) is 84.6 Å². The third-order valence-corrected chi connectivity index (χ3v) is 5.45. The molecule has 0 saturated carbocycles. The van der Waals surface area contributed by atoms with Crippen molar-refractivity contribution in [1.82, 2.24) is 20.8 Å². The van der Waals surface area contributed by atoms with Crippen molar-refractivity contribution in [2.45, 2.75) is 57.9 Å². The quantitative estimate of drug-likeness (QED) is 0.334. The predicted octanol–water partition coefficient (Wildman–Crippen LogP) is 3.13. The molecule has 2 unspecified atom stereocenters. The molecule has 0 aliphatic carbocycles. The van der Waals surface area contributed by atoms with Crippen LogP contribution >= 0.6 is 35.7 Å². The zero-order valence-electron chi connectivity index (χ0n) is 15.5. The third kappa shape index (κ3) is 7.30. The van der Waals surface area contributed by atoms with Crippen LogP contribution in [-0.2, 0) is 11.3 Å². The average Bonchev–Trinajstić information content (AvgIpc) is 3.20. The summed E-state index contributed by atoms with van der Waals surface area (Å²) in [6.45, 7) is 10.9. The van der Waals surface area contributed by atoms with Gasteiger partial charge < -0.3 is 19.9 Å². The van der Waals surface area contributed by atoms with Gasteiger partial charge in [-0.1, -0.05) is 5.16 Å². The number of nitrogens with one attached hydrogen (secondary N) is 2. The number of hydrogen-bond acceptors (Lipinski definition) is 6. The van der Waals surface area contributed by atoms with Gasteiger partial charge in [-0.2, -0.15) is 16.7 Å². The van der Waals surface area contributed by atoms with Crippen LogP contribution in [0.15, 0.2) is 9.52 Å². The highest BCUT2D eigenvalue weighted by Crippen LogP contribution is 2.36. The van der Waals surface area contributed by atoms with Gasteiger partial charge in [0, 0.05) is 24.4 Å². The van der Waals surface area contributed by atoms with Gasteiger partial charge in [-0.3, -0.25) is 0 Å². The molecule has 0 spiro atoms. The Morgan fingerprint density at radius 2 is 2.24 bits per heavy atom. The first kappa shape index (κ1) is 22.5. The van der Waals surface area contributed by atoms with Crippen LogP contribution in [-0.4, -0.2) is 46.3 Å². The number of halogens is 1. The molecule has 9 heteroatoms. The van der Waals surface area contributed by atoms with Gasteiger partial charge in [0.2, 0.25) is 5.89 Å². The van der Waals surface area contributed by atoms with Crippen LogP contribution in [0.5, 0.6) is 0 Å². The summed E-state index contributed by atoms with van der Waals surface area (Å²) in [5, 5.41) is 10.6. The van der Waals surface area contributed by atoms with Crippen molar-refractivity contribution >= 4 is 41.7 Å². The molecular formula is C16H30IN5O2S. The molecule has 0 amide bonds. The standard InChI is InChI=1S/C16H29N5O2S.HI/c1-5-17-15(19-11-16(4)8-7-9-24-16)18-10-13-20-14(21-23-13)12(3)22-6-2;/h12H,5-11H2,1-4H3,(H2,17,18,19);1H. The fourth-order valence-electron chi connectivity index (χ4n) is 2.56. The Labute approximate surface area is 171 Å². The summed E-state index contributed by atoms with van der Waals surface area (Å²) in [6.07, 6.45) is 2.37. The van der Waals surface area contributed by atoms with E-state index in [2.05, 4.69) is 39.6 Å². The van der Waals surface area contributed by atoms with Gasteiger partial charge in [0.25, 0.3) is 0 Å². The Morgan fingerprint density at radius 3 is 2.88 bits per heavy atom. The Balaban J connectivity index is 0.00000312. The highest BCUT2D eigenvalue weighted by molar-refractivity contribution is 14.0. The highest BCUT2D eigenvalue weighted by Gasteiger charge is 2.29. The predicted molar refractivity (Wildman–Crippen MR) is 113 cm³/mol. The van der Waals surface area contributed by atoms with E-state index in [9.17, 15) is 0 Å². The summed E-state index contributed by atoms with van der Waals surface area (Å²) in [5.74, 6) is 3.09. The van der Waals surface area contributed by atoms with E-state index < -0.39 is 0 Å². The summed E-state index contributed by atoms with van der Waals surface area (Å²) in [4.78, 5) is 8.89. The molecule has 1 aliphatic rings. The number of aliphatic imine (C=N–C) groups is 1. The maximum absolute atomic E-state index is 5.46. The van der Waals surface area contributed by atoms with Crippen molar-refractivity contribution in [3.05, 3.63) is 11.7 Å². The molecule has 2 heterocycles. The van der Waals surface area contributed by atoms with Crippen molar-refractivity contribution in [1.29, 1.82) is 0 Å². The van der Waals surface area contributed by atoms with E-state index in [1.807, 2.05) is 25.6 Å². The minimum absolute atomic E-state index is 0. The Kier molecular flexibility index (Phi) is 10.1. The number of aromatic nitrogens is 2. The summed E-state index contributed by atoms with van der Waals surface area (Å²) in [6, 6.07) is 0. The minimum atomic E-state index is -0.165. The molecule has 2 N–H and O–H groups in total. The maximum atomic E-state index is 5.46. The Bertz CT molecular complexity index is 534. The minimum Gasteiger partial charge on any atom is -0.371 e. The van der Waals surface area contributed by atoms with Crippen molar-refractivity contribution in [2.75, 3.05) is 25.4 Å². The van der Waals surface area contributed by atoms with Gasteiger partial charge >= 0.3 is 0 Å². The van der Waals surface area contributed by atoms with Gasteiger partial charge in [0.15, 0.2) is 11.8 Å². The van der Waals surface area contributed by atoms with Crippen LogP contribution in [0.3, 0.4) is 0 Å². The molecule has 1 saturated heterocycles. The lowest BCUT2D eigenvalue weighted by molar-refractivity contribution is 0.0683. The molecule has 1 fully saturated rings. The van der Waals surface area contributed by atoms with Crippen LogP contribution < -0.4 is 10.6 Å². The molecule has 0 bridgehead atoms. The monoisotopic (exact) mass is 483 g/mol. The zero-order chi connectivity index (χ0) is 17.4. The summed E-state index contributed by atoms with van der Waals surface area (Å²) >= 11 is 2.03. The van der Waals surface area contributed by atoms with Gasteiger partial charge in [-0.15, -0.1) is 24.0 Å². The SMILES string of the molecule is CCNC(=NCc1nc(C(C)OCC)no1)NCC1(C)CCCS1.I. The van der Waals surface area contributed by atoms with Crippen LogP contribution in [0.2, 0.25) is 0 Å². The first-order valence-corrected chi connectivity index (χ1v) is 9.65. The molecule has 144 valence electrons. The molecule has 25 heavy (non-hydrogen) atoms. The lowest BCUT2D eigenvalue weighted by atomic mass is 10.1. The second-order valence-corrected chi connectivity index (χ2v) is 7.78. The summed E-state index contributed by atoms with van der Waals surface area (Å²) < 4.78 is 11.0. The van der Waals surface area contributed by atoms with E-state index in [1.165, 1.54) is 18.6 Å². The fraction of sp³-hybridized carbons (Fsp3) is 0.812. The lowest BCUT2D eigenvalue weighted by Gasteiger charge is -2.24.